The fraction of sp³-hybridized carbons (Fsp3) is 0.120. The smallest absolute Gasteiger partial charge is 0.157 e. The molecule has 1 aliphatic heterocycles. The van der Waals surface area contributed by atoms with E-state index in [9.17, 15) is 25.5 Å². The number of phenols is 5. The number of aryl methyl sites for hydroxylation is 1. The summed E-state index contributed by atoms with van der Waals surface area (Å²) in [7, 11) is 1.93. The zero-order valence-electron chi connectivity index (χ0n) is 17.5. The van der Waals surface area contributed by atoms with Gasteiger partial charge in [-0.3, -0.25) is 4.68 Å². The molecule has 5 rings (SSSR count). The van der Waals surface area contributed by atoms with Crippen LogP contribution in [0.4, 0.5) is 0 Å². The molecular weight excluding hydrogens is 408 g/mol. The van der Waals surface area contributed by atoms with E-state index in [0.717, 1.165) is 32.6 Å². The standard InChI is InChI=1S/C25H22N2O5/c1-13-20(28)8-5-17-25(13)16(9-14-3-6-21(29)23(31)10-14)19-12-18(26(2)27(17)19)15-4-7-22(30)24(32)11-15/h3-12,18,28-32H,1-2H3/b16-9+. The van der Waals surface area contributed by atoms with Gasteiger partial charge in [-0.25, -0.2) is 0 Å². The predicted octanol–water partition coefficient (Wildman–Crippen LogP) is 2.41. The van der Waals surface area contributed by atoms with E-state index in [1.54, 1.807) is 24.3 Å². The Morgan fingerprint density at radius 2 is 1.44 bits per heavy atom. The number of fused-ring (bicyclic) bond motifs is 3. The molecule has 7 nitrogen and oxygen atoms in total. The van der Waals surface area contributed by atoms with Gasteiger partial charge in [-0.15, -0.1) is 0 Å². The molecule has 4 aromatic rings. The average molecular weight is 430 g/mol. The number of hydrogen-bond acceptors (Lipinski definition) is 6. The number of hydrogen-bond donors (Lipinski definition) is 5. The van der Waals surface area contributed by atoms with E-state index in [-0.39, 0.29) is 34.8 Å². The van der Waals surface area contributed by atoms with Crippen molar-refractivity contribution < 1.29 is 25.5 Å². The van der Waals surface area contributed by atoms with Crippen LogP contribution in [0.5, 0.6) is 28.7 Å². The van der Waals surface area contributed by atoms with E-state index in [4.69, 9.17) is 0 Å². The van der Waals surface area contributed by atoms with E-state index in [0.29, 0.717) is 5.56 Å². The van der Waals surface area contributed by atoms with Crippen molar-refractivity contribution in [1.29, 1.82) is 0 Å². The third-order valence-electron chi connectivity index (χ3n) is 6.10. The van der Waals surface area contributed by atoms with Crippen LogP contribution in [0, 0.1) is 6.92 Å². The Bertz CT molecular complexity index is 1520. The molecule has 0 spiro atoms. The fourth-order valence-corrected chi connectivity index (χ4v) is 4.44. The first kappa shape index (κ1) is 19.7. The molecule has 0 bridgehead atoms. The van der Waals surface area contributed by atoms with Gasteiger partial charge in [0.1, 0.15) is 5.75 Å². The number of aromatic hydroxyl groups is 5. The molecule has 0 aliphatic carbocycles. The van der Waals surface area contributed by atoms with Crippen LogP contribution in [0.2, 0.25) is 0 Å². The fourth-order valence-electron chi connectivity index (χ4n) is 4.44. The minimum absolute atomic E-state index is 0.174. The molecule has 0 amide bonds. The number of benzene rings is 3. The summed E-state index contributed by atoms with van der Waals surface area (Å²) >= 11 is 0. The highest BCUT2D eigenvalue weighted by Gasteiger charge is 2.26. The van der Waals surface area contributed by atoms with Crippen LogP contribution in [0.15, 0.2) is 48.5 Å². The lowest BCUT2D eigenvalue weighted by Gasteiger charge is -2.25. The van der Waals surface area contributed by atoms with E-state index in [2.05, 4.69) is 6.08 Å². The summed E-state index contributed by atoms with van der Waals surface area (Å²) in [6.45, 7) is 1.86. The Labute approximate surface area is 183 Å². The Hall–Kier alpha value is -4.26. The van der Waals surface area contributed by atoms with Gasteiger partial charge in [0.2, 0.25) is 0 Å². The highest BCUT2D eigenvalue weighted by atomic mass is 16.3. The van der Waals surface area contributed by atoms with Crippen molar-refractivity contribution in [2.45, 2.75) is 13.0 Å². The predicted molar refractivity (Wildman–Crippen MR) is 122 cm³/mol. The second-order valence-electron chi connectivity index (χ2n) is 8.04. The van der Waals surface area contributed by atoms with Gasteiger partial charge in [-0.05, 0) is 66.6 Å². The summed E-state index contributed by atoms with van der Waals surface area (Å²) in [5.41, 5.74) is 3.14. The first-order valence-corrected chi connectivity index (χ1v) is 10.1. The van der Waals surface area contributed by atoms with Gasteiger partial charge in [-0.1, -0.05) is 12.1 Å². The van der Waals surface area contributed by atoms with E-state index >= 15 is 0 Å². The Balaban J connectivity index is 1.83. The maximum absolute atomic E-state index is 10.4. The highest BCUT2D eigenvalue weighted by molar-refractivity contribution is 5.89. The zero-order valence-corrected chi connectivity index (χ0v) is 17.5. The van der Waals surface area contributed by atoms with E-state index in [1.807, 2.05) is 35.8 Å². The van der Waals surface area contributed by atoms with E-state index in [1.165, 1.54) is 18.2 Å². The van der Waals surface area contributed by atoms with Crippen LogP contribution in [-0.2, 0) is 0 Å². The van der Waals surface area contributed by atoms with Gasteiger partial charge in [0.25, 0.3) is 0 Å². The second kappa shape index (κ2) is 6.88. The number of phenolic OH excluding ortho intramolecular Hbond substituents is 5. The number of nitrogens with zero attached hydrogens (tertiary/aromatic N) is 2. The SMILES string of the molecule is Cc1c(O)ccc2c1/c(=C/c1ccc(O)c(O)c1)c1n2N(C)C(c2ccc(O)c(O)c2)C=1. The normalized spacial score (nSPS) is 15.9. The largest absolute Gasteiger partial charge is 0.508 e. The van der Waals surface area contributed by atoms with Gasteiger partial charge < -0.3 is 30.5 Å². The van der Waals surface area contributed by atoms with Crippen LogP contribution in [0.3, 0.4) is 0 Å². The van der Waals surface area contributed by atoms with Crippen molar-refractivity contribution in [1.82, 2.24) is 4.68 Å². The third kappa shape index (κ3) is 2.82. The molecule has 3 aromatic carbocycles. The maximum Gasteiger partial charge on any atom is 0.157 e. The molecule has 7 heteroatoms. The Kier molecular flexibility index (Phi) is 4.23. The van der Waals surface area contributed by atoms with Crippen LogP contribution in [0.1, 0.15) is 22.7 Å². The lowest BCUT2D eigenvalue weighted by molar-refractivity contribution is 0.403. The lowest BCUT2D eigenvalue weighted by atomic mass is 10.0. The molecule has 0 saturated carbocycles. The summed E-state index contributed by atoms with van der Waals surface area (Å²) < 4.78 is 2.04. The first-order valence-electron chi connectivity index (χ1n) is 10.1. The van der Waals surface area contributed by atoms with Crippen LogP contribution < -0.4 is 15.6 Å². The highest BCUT2D eigenvalue weighted by Crippen LogP contribution is 2.33. The van der Waals surface area contributed by atoms with Crippen LogP contribution in [0.25, 0.3) is 23.1 Å². The summed E-state index contributed by atoms with van der Waals surface area (Å²) in [5, 5.41) is 54.3. The summed E-state index contributed by atoms with van der Waals surface area (Å²) in [6.07, 6.45) is 3.95. The molecule has 2 heterocycles. The van der Waals surface area contributed by atoms with Gasteiger partial charge in [0, 0.05) is 23.2 Å². The van der Waals surface area contributed by atoms with Crippen molar-refractivity contribution >= 4 is 23.1 Å². The average Bonchev–Trinajstić information content (AvgIpc) is 3.25. The molecule has 1 aliphatic rings. The topological polar surface area (TPSA) is 109 Å². The molecule has 1 unspecified atom stereocenters. The van der Waals surface area contributed by atoms with Gasteiger partial charge in [0.05, 0.1) is 16.9 Å². The molecule has 1 aromatic heterocycles. The number of aromatic nitrogens is 1. The molecule has 162 valence electrons. The monoisotopic (exact) mass is 430 g/mol. The van der Waals surface area contributed by atoms with Crippen molar-refractivity contribution in [3.05, 3.63) is 75.8 Å². The van der Waals surface area contributed by atoms with Gasteiger partial charge >= 0.3 is 0 Å². The Morgan fingerprint density at radius 1 is 0.781 bits per heavy atom. The molecule has 0 radical (unpaired) electrons. The van der Waals surface area contributed by atoms with Crippen LogP contribution >= 0.6 is 0 Å². The molecule has 0 fully saturated rings. The molecule has 1 atom stereocenters. The summed E-state index contributed by atoms with van der Waals surface area (Å²) in [4.78, 5) is 0. The first-order chi connectivity index (χ1) is 15.3. The minimum atomic E-state index is -0.211. The third-order valence-corrected chi connectivity index (χ3v) is 6.10. The molecule has 32 heavy (non-hydrogen) atoms. The van der Waals surface area contributed by atoms with Crippen molar-refractivity contribution in [3.63, 3.8) is 0 Å². The lowest BCUT2D eigenvalue weighted by Crippen LogP contribution is -2.35. The van der Waals surface area contributed by atoms with Gasteiger partial charge in [-0.2, -0.15) is 0 Å². The molecule has 0 saturated heterocycles. The number of rotatable bonds is 2. The van der Waals surface area contributed by atoms with Crippen molar-refractivity contribution in [3.8, 4) is 28.7 Å². The van der Waals surface area contributed by atoms with E-state index < -0.39 is 0 Å². The quantitative estimate of drug-likeness (QED) is 0.313. The second-order valence-corrected chi connectivity index (χ2v) is 8.04. The van der Waals surface area contributed by atoms with Crippen molar-refractivity contribution in [2.24, 2.45) is 0 Å². The maximum atomic E-state index is 10.4. The summed E-state index contributed by atoms with van der Waals surface area (Å²) in [5.74, 6) is -0.573. The van der Waals surface area contributed by atoms with Crippen LogP contribution in [-0.4, -0.2) is 37.3 Å². The Morgan fingerprint density at radius 3 is 2.12 bits per heavy atom. The summed E-state index contributed by atoms with van der Waals surface area (Å²) in [6, 6.07) is 12.7. The molecule has 5 N–H and O–H groups in total. The van der Waals surface area contributed by atoms with Gasteiger partial charge in [0.15, 0.2) is 23.0 Å². The zero-order chi connectivity index (χ0) is 22.7. The minimum Gasteiger partial charge on any atom is -0.508 e. The molecular formula is C25H22N2O5. The van der Waals surface area contributed by atoms with Crippen molar-refractivity contribution in [2.75, 3.05) is 12.1 Å².